The Morgan fingerprint density at radius 1 is 1.29 bits per heavy atom. The summed E-state index contributed by atoms with van der Waals surface area (Å²) in [6.45, 7) is 0.357. The van der Waals surface area contributed by atoms with Crippen molar-refractivity contribution in [3.8, 4) is 5.75 Å². The molecule has 5 heteroatoms. The lowest BCUT2D eigenvalue weighted by atomic mass is 10.1. The number of benzene rings is 2. The van der Waals surface area contributed by atoms with Crippen molar-refractivity contribution < 1.29 is 13.9 Å². The number of halogens is 2. The molecule has 2 rings (SSSR count). The summed E-state index contributed by atoms with van der Waals surface area (Å²) in [5, 5.41) is 2.77. The van der Waals surface area contributed by atoms with Crippen LogP contribution in [0.4, 0.5) is 4.39 Å². The molecule has 0 aliphatic rings. The Labute approximate surface area is 131 Å². The third-order valence-electron chi connectivity index (χ3n) is 3.04. The van der Waals surface area contributed by atoms with E-state index in [1.807, 2.05) is 0 Å². The second-order valence-electron chi connectivity index (χ2n) is 4.44. The highest BCUT2D eigenvalue weighted by Crippen LogP contribution is 2.22. The summed E-state index contributed by atoms with van der Waals surface area (Å²) in [7, 11) is 1.51. The predicted octanol–water partition coefficient (Wildman–Crippen LogP) is 3.57. The predicted molar refractivity (Wildman–Crippen MR) is 83.1 cm³/mol. The molecule has 3 nitrogen and oxygen atoms in total. The number of methoxy groups -OCH3 is 1. The molecule has 21 heavy (non-hydrogen) atoms. The molecular weight excluding hydrogens is 337 g/mol. The summed E-state index contributed by atoms with van der Waals surface area (Å²) in [5.74, 6) is -0.00198. The van der Waals surface area contributed by atoms with Gasteiger partial charge >= 0.3 is 0 Å². The number of ether oxygens (including phenoxy) is 1. The summed E-state index contributed by atoms with van der Waals surface area (Å²) in [6.07, 6.45) is 0.439. The van der Waals surface area contributed by atoms with E-state index >= 15 is 0 Å². The van der Waals surface area contributed by atoms with E-state index in [1.165, 1.54) is 13.2 Å². The van der Waals surface area contributed by atoms with Gasteiger partial charge in [-0.05, 0) is 36.2 Å². The van der Waals surface area contributed by atoms with Crippen LogP contribution in [0.1, 0.15) is 15.9 Å². The summed E-state index contributed by atoms with van der Waals surface area (Å²) in [6, 6.07) is 11.7. The molecule has 1 N–H and O–H groups in total. The molecule has 0 saturated carbocycles. The summed E-state index contributed by atoms with van der Waals surface area (Å²) in [4.78, 5) is 12.1. The Bertz CT molecular complexity index is 646. The molecule has 1 amide bonds. The monoisotopic (exact) mass is 351 g/mol. The number of rotatable bonds is 5. The zero-order valence-electron chi connectivity index (χ0n) is 11.5. The molecule has 0 heterocycles. The molecule has 110 valence electrons. The smallest absolute Gasteiger partial charge is 0.255 e. The minimum atomic E-state index is -0.258. The first-order chi connectivity index (χ1) is 10.1. The first-order valence-electron chi connectivity index (χ1n) is 6.47. The van der Waals surface area contributed by atoms with Crippen LogP contribution in [0.3, 0.4) is 0 Å². The topological polar surface area (TPSA) is 38.3 Å². The lowest BCUT2D eigenvalue weighted by Gasteiger charge is -2.10. The van der Waals surface area contributed by atoms with Crippen LogP contribution in [-0.4, -0.2) is 19.6 Å². The molecule has 0 bridgehead atoms. The van der Waals surface area contributed by atoms with Crippen LogP contribution in [0.25, 0.3) is 0 Å². The van der Waals surface area contributed by atoms with Crippen LogP contribution in [0.2, 0.25) is 0 Å². The molecule has 0 aromatic heterocycles. The number of carbonyl (C=O) groups excluding carboxylic acids is 1. The van der Waals surface area contributed by atoms with Crippen molar-refractivity contribution in [2.24, 2.45) is 0 Å². The number of carbonyl (C=O) groups is 1. The molecule has 0 fully saturated rings. The standard InChI is InChI=1S/C16H15BrFNO2/c1-21-15-7-6-12(17)10-13(15)16(20)19-9-8-11-4-2-3-5-14(11)18/h2-7,10H,8-9H2,1H3,(H,19,20). The molecule has 0 aliphatic heterocycles. The first-order valence-corrected chi connectivity index (χ1v) is 7.26. The Hall–Kier alpha value is -1.88. The Morgan fingerprint density at radius 3 is 2.76 bits per heavy atom. The molecule has 0 saturated heterocycles. The van der Waals surface area contributed by atoms with E-state index in [2.05, 4.69) is 21.2 Å². The zero-order valence-corrected chi connectivity index (χ0v) is 13.1. The highest BCUT2D eigenvalue weighted by Gasteiger charge is 2.12. The molecule has 0 radical (unpaired) electrons. The molecule has 0 atom stereocenters. The summed E-state index contributed by atoms with van der Waals surface area (Å²) in [5.41, 5.74) is 1.03. The van der Waals surface area contributed by atoms with Gasteiger partial charge in [0.05, 0.1) is 12.7 Å². The molecule has 0 spiro atoms. The fraction of sp³-hybridized carbons (Fsp3) is 0.188. The van der Waals surface area contributed by atoms with Crippen LogP contribution in [-0.2, 0) is 6.42 Å². The van der Waals surface area contributed by atoms with Crippen LogP contribution >= 0.6 is 15.9 Å². The highest BCUT2D eigenvalue weighted by atomic mass is 79.9. The molecular formula is C16H15BrFNO2. The van der Waals surface area contributed by atoms with E-state index in [9.17, 15) is 9.18 Å². The maximum Gasteiger partial charge on any atom is 0.255 e. The van der Waals surface area contributed by atoms with Crippen molar-refractivity contribution in [3.63, 3.8) is 0 Å². The maximum absolute atomic E-state index is 13.5. The SMILES string of the molecule is COc1ccc(Br)cc1C(=O)NCCc1ccccc1F. The third-order valence-corrected chi connectivity index (χ3v) is 3.54. The van der Waals surface area contributed by atoms with E-state index in [-0.39, 0.29) is 11.7 Å². The van der Waals surface area contributed by atoms with Crippen molar-refractivity contribution in [3.05, 3.63) is 63.9 Å². The third kappa shape index (κ3) is 4.04. The van der Waals surface area contributed by atoms with Gasteiger partial charge in [-0.15, -0.1) is 0 Å². The maximum atomic E-state index is 13.5. The zero-order chi connectivity index (χ0) is 15.2. The highest BCUT2D eigenvalue weighted by molar-refractivity contribution is 9.10. The van der Waals surface area contributed by atoms with Crippen LogP contribution in [0.5, 0.6) is 5.75 Å². The van der Waals surface area contributed by atoms with Gasteiger partial charge in [0, 0.05) is 11.0 Å². The van der Waals surface area contributed by atoms with Crippen LogP contribution in [0, 0.1) is 5.82 Å². The van der Waals surface area contributed by atoms with Gasteiger partial charge < -0.3 is 10.1 Å². The van der Waals surface area contributed by atoms with E-state index < -0.39 is 0 Å². The van der Waals surface area contributed by atoms with E-state index in [0.717, 1.165) is 4.47 Å². The minimum Gasteiger partial charge on any atom is -0.496 e. The lowest BCUT2D eigenvalue weighted by molar-refractivity contribution is 0.0951. The van der Waals surface area contributed by atoms with Gasteiger partial charge in [-0.1, -0.05) is 34.1 Å². The van der Waals surface area contributed by atoms with Crippen molar-refractivity contribution in [2.75, 3.05) is 13.7 Å². The number of nitrogens with one attached hydrogen (secondary N) is 1. The van der Waals surface area contributed by atoms with Crippen molar-refractivity contribution in [1.29, 1.82) is 0 Å². The van der Waals surface area contributed by atoms with Gasteiger partial charge in [0.2, 0.25) is 0 Å². The van der Waals surface area contributed by atoms with Gasteiger partial charge in [0.25, 0.3) is 5.91 Å². The molecule has 2 aromatic rings. The Balaban J connectivity index is 1.99. The summed E-state index contributed by atoms with van der Waals surface area (Å²) >= 11 is 3.32. The number of hydrogen-bond donors (Lipinski definition) is 1. The minimum absolute atomic E-state index is 0.246. The summed E-state index contributed by atoms with van der Waals surface area (Å²) < 4.78 is 19.4. The number of hydrogen-bond acceptors (Lipinski definition) is 2. The average Bonchev–Trinajstić information content (AvgIpc) is 2.49. The number of amides is 1. The van der Waals surface area contributed by atoms with E-state index in [0.29, 0.717) is 29.8 Å². The van der Waals surface area contributed by atoms with Crippen molar-refractivity contribution >= 4 is 21.8 Å². The van der Waals surface area contributed by atoms with Crippen LogP contribution in [0.15, 0.2) is 46.9 Å². The van der Waals surface area contributed by atoms with Gasteiger partial charge in [-0.2, -0.15) is 0 Å². The second kappa shape index (κ2) is 7.22. The normalized spacial score (nSPS) is 10.2. The van der Waals surface area contributed by atoms with E-state index in [1.54, 1.807) is 36.4 Å². The Kier molecular flexibility index (Phi) is 5.33. The van der Waals surface area contributed by atoms with Crippen molar-refractivity contribution in [2.45, 2.75) is 6.42 Å². The lowest BCUT2D eigenvalue weighted by Crippen LogP contribution is -2.26. The van der Waals surface area contributed by atoms with Gasteiger partial charge in [0.1, 0.15) is 11.6 Å². The van der Waals surface area contributed by atoms with Gasteiger partial charge in [-0.25, -0.2) is 4.39 Å². The molecule has 2 aromatic carbocycles. The fourth-order valence-electron chi connectivity index (χ4n) is 1.96. The first kappa shape index (κ1) is 15.5. The van der Waals surface area contributed by atoms with Gasteiger partial charge in [-0.3, -0.25) is 4.79 Å². The fourth-order valence-corrected chi connectivity index (χ4v) is 2.33. The average molecular weight is 352 g/mol. The Morgan fingerprint density at radius 2 is 2.05 bits per heavy atom. The quantitative estimate of drug-likeness (QED) is 0.894. The largest absolute Gasteiger partial charge is 0.496 e. The second-order valence-corrected chi connectivity index (χ2v) is 5.36. The van der Waals surface area contributed by atoms with Crippen LogP contribution < -0.4 is 10.1 Å². The molecule has 0 unspecified atom stereocenters. The molecule has 0 aliphatic carbocycles. The van der Waals surface area contributed by atoms with Crippen molar-refractivity contribution in [1.82, 2.24) is 5.32 Å². The van der Waals surface area contributed by atoms with Gasteiger partial charge in [0.15, 0.2) is 0 Å². The van der Waals surface area contributed by atoms with E-state index in [4.69, 9.17) is 4.74 Å².